The van der Waals surface area contributed by atoms with Crippen molar-refractivity contribution in [3.63, 3.8) is 0 Å². The summed E-state index contributed by atoms with van der Waals surface area (Å²) in [7, 11) is -5.22. The summed E-state index contributed by atoms with van der Waals surface area (Å²) in [5.41, 5.74) is 0.914. The Hall–Kier alpha value is 0.150. The summed E-state index contributed by atoms with van der Waals surface area (Å²) in [4.78, 5) is 32.6. The van der Waals surface area contributed by atoms with Crippen molar-refractivity contribution >= 4 is 30.8 Å². The van der Waals surface area contributed by atoms with Crippen LogP contribution in [0, 0.1) is 0 Å². The number of aliphatic hydroxyl groups is 2. The fourth-order valence-electron chi connectivity index (χ4n) is 5.82. The van der Waals surface area contributed by atoms with E-state index in [-0.39, 0.29) is 5.25 Å². The molecular formula is C36H69O5PS2. The molecule has 0 saturated heterocycles. The number of thioether (sulfide) groups is 2. The van der Waals surface area contributed by atoms with Gasteiger partial charge < -0.3 is 0 Å². The maximum atomic E-state index is 11.2. The van der Waals surface area contributed by atoms with Crippen LogP contribution in [0.4, 0.5) is 0 Å². The van der Waals surface area contributed by atoms with Crippen molar-refractivity contribution < 1.29 is 24.9 Å². The fourth-order valence-corrected chi connectivity index (χ4v) is 10.5. The third-order valence-electron chi connectivity index (χ3n) is 8.37. The van der Waals surface area contributed by atoms with E-state index in [9.17, 15) is 24.9 Å². The Balaban J connectivity index is 2.37. The molecule has 0 amide bonds. The van der Waals surface area contributed by atoms with Crippen molar-refractivity contribution in [1.29, 1.82) is 0 Å². The molecule has 0 spiro atoms. The predicted octanol–water partition coefficient (Wildman–Crippen LogP) is 10.0. The van der Waals surface area contributed by atoms with Crippen molar-refractivity contribution in [3.05, 3.63) is 35.9 Å². The third kappa shape index (κ3) is 23.5. The summed E-state index contributed by atoms with van der Waals surface area (Å²) in [5, 5.41) is 21.3. The summed E-state index contributed by atoms with van der Waals surface area (Å²) in [6.07, 6.45) is 22.3. The second-order valence-electron chi connectivity index (χ2n) is 13.1. The first-order chi connectivity index (χ1) is 21.2. The standard InChI is InChI=1S/C36H69O5PS2/c1-3-5-7-9-11-13-15-17-19-24-28-43-32-34(37)30-42(39,40,41)31-35(38)36(33-26-22-21-23-27-33)44-29-25-20-18-16-14-12-10-8-6-4-2/h21-23,26-27,34-41H,3-20,24-25,28-32H2,1-2H3. The van der Waals surface area contributed by atoms with E-state index >= 15 is 0 Å². The van der Waals surface area contributed by atoms with Crippen LogP contribution in [-0.4, -0.2) is 66.7 Å². The Morgan fingerprint density at radius 2 is 1.00 bits per heavy atom. The minimum absolute atomic E-state index is 0.350. The zero-order chi connectivity index (χ0) is 32.4. The molecule has 3 unspecified atom stereocenters. The Kier molecular flexibility index (Phi) is 25.1. The van der Waals surface area contributed by atoms with Crippen LogP contribution >= 0.6 is 30.8 Å². The molecule has 3 atom stereocenters. The van der Waals surface area contributed by atoms with Crippen LogP contribution in [0.2, 0.25) is 0 Å². The van der Waals surface area contributed by atoms with Crippen LogP contribution in [0.3, 0.4) is 0 Å². The summed E-state index contributed by atoms with van der Waals surface area (Å²) in [5.74, 6) is 2.13. The van der Waals surface area contributed by atoms with Gasteiger partial charge in [0.25, 0.3) is 0 Å². The number of aliphatic hydroxyl groups excluding tert-OH is 2. The molecule has 1 aromatic carbocycles. The molecule has 0 aliphatic rings. The van der Waals surface area contributed by atoms with Crippen molar-refractivity contribution in [1.82, 2.24) is 0 Å². The molecule has 0 fully saturated rings. The first-order valence-corrected chi connectivity index (χ1v) is 22.7. The minimum atomic E-state index is -5.22. The van der Waals surface area contributed by atoms with Gasteiger partial charge in [-0.25, -0.2) is 0 Å². The molecule has 0 bridgehead atoms. The van der Waals surface area contributed by atoms with Crippen molar-refractivity contribution in [3.8, 4) is 0 Å². The molecule has 0 saturated carbocycles. The molecule has 0 aromatic heterocycles. The molecule has 44 heavy (non-hydrogen) atoms. The van der Waals surface area contributed by atoms with E-state index < -0.39 is 31.8 Å². The van der Waals surface area contributed by atoms with Gasteiger partial charge in [-0.3, -0.25) is 0 Å². The monoisotopic (exact) mass is 676 g/mol. The van der Waals surface area contributed by atoms with Gasteiger partial charge in [-0.1, -0.05) is 52.4 Å². The van der Waals surface area contributed by atoms with Crippen LogP contribution in [0.5, 0.6) is 0 Å². The van der Waals surface area contributed by atoms with Gasteiger partial charge in [0.1, 0.15) is 0 Å². The first kappa shape index (κ1) is 42.2. The predicted molar refractivity (Wildman–Crippen MR) is 198 cm³/mol. The van der Waals surface area contributed by atoms with E-state index in [1.165, 1.54) is 109 Å². The molecule has 1 rings (SSSR count). The molecule has 0 radical (unpaired) electrons. The van der Waals surface area contributed by atoms with Gasteiger partial charge in [0.05, 0.1) is 0 Å². The summed E-state index contributed by atoms with van der Waals surface area (Å²) in [6.45, 7) is 4.50. The number of hydrogen-bond donors (Lipinski definition) is 5. The van der Waals surface area contributed by atoms with Gasteiger partial charge in [-0.05, 0) is 0 Å². The molecule has 0 heterocycles. The fraction of sp³-hybridized carbons (Fsp3) is 0.833. The van der Waals surface area contributed by atoms with Crippen LogP contribution in [0.1, 0.15) is 153 Å². The van der Waals surface area contributed by atoms with Gasteiger partial charge in [0.15, 0.2) is 0 Å². The summed E-state index contributed by atoms with van der Waals surface area (Å²) in [6, 6.07) is 9.65. The first-order valence-electron chi connectivity index (χ1n) is 18.0. The SMILES string of the molecule is CCCCCCCCCCCCSCC(O)CP(O)(O)(O)CC(O)C(SCCCCCCCCCCCC)c1ccccc1. The van der Waals surface area contributed by atoms with Crippen LogP contribution in [0.25, 0.3) is 0 Å². The van der Waals surface area contributed by atoms with Gasteiger partial charge >= 0.3 is 229 Å². The van der Waals surface area contributed by atoms with Gasteiger partial charge in [-0.2, -0.15) is 0 Å². The molecule has 8 heteroatoms. The molecule has 0 aliphatic carbocycles. The molecule has 1 aromatic rings. The average molecular weight is 677 g/mol. The molecule has 0 aliphatic heterocycles. The zero-order valence-electron chi connectivity index (χ0n) is 28.3. The molecule has 5 nitrogen and oxygen atoms in total. The van der Waals surface area contributed by atoms with Crippen LogP contribution < -0.4 is 0 Å². The molecule has 5 N–H and O–H groups in total. The Morgan fingerprint density at radius 1 is 0.568 bits per heavy atom. The van der Waals surface area contributed by atoms with Crippen molar-refractivity contribution in [2.75, 3.05) is 29.6 Å². The zero-order valence-corrected chi connectivity index (χ0v) is 30.8. The third-order valence-corrected chi connectivity index (χ3v) is 13.3. The van der Waals surface area contributed by atoms with E-state index in [4.69, 9.17) is 0 Å². The Bertz CT molecular complexity index is 777. The number of benzene rings is 1. The average Bonchev–Trinajstić information content (AvgIpc) is 2.97. The van der Waals surface area contributed by atoms with Crippen LogP contribution in [0.15, 0.2) is 30.3 Å². The van der Waals surface area contributed by atoms with E-state index in [1.54, 1.807) is 23.5 Å². The van der Waals surface area contributed by atoms with E-state index in [0.29, 0.717) is 5.75 Å². The quantitative estimate of drug-likeness (QED) is 0.0394. The van der Waals surface area contributed by atoms with Crippen molar-refractivity contribution in [2.45, 2.75) is 160 Å². The number of unbranched alkanes of at least 4 members (excludes halogenated alkanes) is 18. The number of hydrogen-bond acceptors (Lipinski definition) is 7. The molecular weight excluding hydrogens is 607 g/mol. The molecule has 260 valence electrons. The maximum absolute atomic E-state index is 11.2. The Morgan fingerprint density at radius 3 is 1.48 bits per heavy atom. The second-order valence-corrected chi connectivity index (χ2v) is 18.9. The van der Waals surface area contributed by atoms with E-state index in [0.717, 1.165) is 36.3 Å². The van der Waals surface area contributed by atoms with Gasteiger partial charge in [0, 0.05) is 0 Å². The normalized spacial score (nSPS) is 15.1. The van der Waals surface area contributed by atoms with Crippen molar-refractivity contribution in [2.24, 2.45) is 0 Å². The van der Waals surface area contributed by atoms with Crippen LogP contribution in [-0.2, 0) is 0 Å². The van der Waals surface area contributed by atoms with Gasteiger partial charge in [0.2, 0.25) is 0 Å². The van der Waals surface area contributed by atoms with Gasteiger partial charge in [-0.15, -0.1) is 0 Å². The van der Waals surface area contributed by atoms with E-state index in [2.05, 4.69) is 13.8 Å². The topological polar surface area (TPSA) is 101 Å². The summed E-state index contributed by atoms with van der Waals surface area (Å²) >= 11 is 3.22. The summed E-state index contributed by atoms with van der Waals surface area (Å²) < 4.78 is 0. The second kappa shape index (κ2) is 26.1. The number of rotatable bonds is 31. The Labute approximate surface area is 280 Å². The van der Waals surface area contributed by atoms with E-state index in [1.807, 2.05) is 30.3 Å².